The molecule has 2 amide bonds. The third-order valence-corrected chi connectivity index (χ3v) is 4.38. The van der Waals surface area contributed by atoms with Crippen LogP contribution in [0.5, 0.6) is 11.5 Å². The lowest BCUT2D eigenvalue weighted by molar-refractivity contribution is 0.0951. The van der Waals surface area contributed by atoms with Crippen LogP contribution in [-0.2, 0) is 6.54 Å². The molecule has 1 heterocycles. The molecule has 0 radical (unpaired) electrons. The maximum atomic E-state index is 13.0. The second kappa shape index (κ2) is 8.02. The second-order valence-corrected chi connectivity index (χ2v) is 6.41. The maximum absolute atomic E-state index is 13.0. The van der Waals surface area contributed by atoms with Crippen LogP contribution in [0.2, 0.25) is 0 Å². The van der Waals surface area contributed by atoms with Gasteiger partial charge in [-0.2, -0.15) is 0 Å². The number of amides is 2. The highest BCUT2D eigenvalue weighted by Gasteiger charge is 2.15. The number of rotatable bonds is 5. The molecule has 0 unspecified atom stereocenters. The van der Waals surface area contributed by atoms with Gasteiger partial charge in [0.25, 0.3) is 11.8 Å². The van der Waals surface area contributed by atoms with Gasteiger partial charge < -0.3 is 20.1 Å². The van der Waals surface area contributed by atoms with Gasteiger partial charge in [-0.05, 0) is 48.0 Å². The Balaban J connectivity index is 1.41. The molecule has 4 rings (SSSR count). The minimum absolute atomic E-state index is 0.155. The predicted octanol–water partition coefficient (Wildman–Crippen LogP) is 3.74. The Morgan fingerprint density at radius 3 is 2.38 bits per heavy atom. The molecule has 3 aromatic carbocycles. The molecule has 146 valence electrons. The molecule has 3 aromatic rings. The van der Waals surface area contributed by atoms with Crippen LogP contribution in [0.4, 0.5) is 10.1 Å². The number of nitrogens with one attached hydrogen (secondary N) is 2. The summed E-state index contributed by atoms with van der Waals surface area (Å²) < 4.78 is 23.5. The van der Waals surface area contributed by atoms with Gasteiger partial charge in [0.1, 0.15) is 5.82 Å². The second-order valence-electron chi connectivity index (χ2n) is 6.41. The molecule has 2 N–H and O–H groups in total. The summed E-state index contributed by atoms with van der Waals surface area (Å²) >= 11 is 0. The molecular formula is C22H17FN2O4. The lowest BCUT2D eigenvalue weighted by Gasteiger charge is -2.09. The van der Waals surface area contributed by atoms with Crippen molar-refractivity contribution in [3.63, 3.8) is 0 Å². The molecular weight excluding hydrogens is 375 g/mol. The van der Waals surface area contributed by atoms with Gasteiger partial charge in [0, 0.05) is 29.4 Å². The number of halogens is 1. The fourth-order valence-electron chi connectivity index (χ4n) is 2.87. The van der Waals surface area contributed by atoms with E-state index < -0.39 is 0 Å². The molecule has 0 bridgehead atoms. The fourth-order valence-corrected chi connectivity index (χ4v) is 2.87. The quantitative estimate of drug-likeness (QED) is 0.694. The van der Waals surface area contributed by atoms with Crippen molar-refractivity contribution in [3.8, 4) is 11.5 Å². The lowest BCUT2D eigenvalue weighted by Crippen LogP contribution is -2.23. The van der Waals surface area contributed by atoms with Gasteiger partial charge in [0.05, 0.1) is 0 Å². The summed E-state index contributed by atoms with van der Waals surface area (Å²) in [5.41, 5.74) is 2.03. The first-order valence-electron chi connectivity index (χ1n) is 8.92. The topological polar surface area (TPSA) is 76.7 Å². The Hall–Kier alpha value is -3.87. The van der Waals surface area contributed by atoms with Crippen LogP contribution in [-0.4, -0.2) is 18.6 Å². The van der Waals surface area contributed by atoms with Crippen LogP contribution in [0.15, 0.2) is 66.7 Å². The van der Waals surface area contributed by atoms with Gasteiger partial charge in [-0.15, -0.1) is 0 Å². The third kappa shape index (κ3) is 4.35. The Morgan fingerprint density at radius 1 is 0.862 bits per heavy atom. The van der Waals surface area contributed by atoms with Crippen LogP contribution in [0.25, 0.3) is 0 Å². The Bertz CT molecular complexity index is 1070. The summed E-state index contributed by atoms with van der Waals surface area (Å²) in [4.78, 5) is 24.9. The zero-order valence-corrected chi connectivity index (χ0v) is 15.3. The van der Waals surface area contributed by atoms with E-state index in [1.165, 1.54) is 18.2 Å². The van der Waals surface area contributed by atoms with E-state index >= 15 is 0 Å². The third-order valence-electron chi connectivity index (χ3n) is 4.38. The van der Waals surface area contributed by atoms with Crippen molar-refractivity contribution in [1.29, 1.82) is 0 Å². The summed E-state index contributed by atoms with van der Waals surface area (Å²) in [5, 5.41) is 5.53. The predicted molar refractivity (Wildman–Crippen MR) is 105 cm³/mol. The minimum Gasteiger partial charge on any atom is -0.454 e. The van der Waals surface area contributed by atoms with Gasteiger partial charge >= 0.3 is 0 Å². The van der Waals surface area contributed by atoms with Crippen LogP contribution < -0.4 is 20.1 Å². The molecule has 0 aromatic heterocycles. The number of fused-ring (bicyclic) bond motifs is 1. The first-order valence-corrected chi connectivity index (χ1v) is 8.92. The summed E-state index contributed by atoms with van der Waals surface area (Å²) in [5.74, 6) is 0.185. The van der Waals surface area contributed by atoms with E-state index in [4.69, 9.17) is 9.47 Å². The van der Waals surface area contributed by atoms with E-state index in [9.17, 15) is 14.0 Å². The summed E-state index contributed by atoms with van der Waals surface area (Å²) in [6.07, 6.45) is 0. The number of carbonyl (C=O) groups excluding carboxylic acids is 2. The van der Waals surface area contributed by atoms with E-state index in [1.54, 1.807) is 48.5 Å². The van der Waals surface area contributed by atoms with Gasteiger partial charge in [0.2, 0.25) is 6.79 Å². The fraction of sp³-hybridized carbons (Fsp3) is 0.0909. The average molecular weight is 392 g/mol. The SMILES string of the molecule is O=C(NCc1ccc(F)cc1)c1cccc(C(=O)Nc2ccc3c(c2)OCO3)c1. The average Bonchev–Trinajstić information content (AvgIpc) is 3.21. The van der Waals surface area contributed by atoms with E-state index in [0.29, 0.717) is 28.3 Å². The smallest absolute Gasteiger partial charge is 0.255 e. The van der Waals surface area contributed by atoms with Crippen LogP contribution in [0, 0.1) is 5.82 Å². The highest BCUT2D eigenvalue weighted by Crippen LogP contribution is 2.34. The van der Waals surface area contributed by atoms with Crippen molar-refractivity contribution in [2.75, 3.05) is 12.1 Å². The normalized spacial score (nSPS) is 11.8. The van der Waals surface area contributed by atoms with Crippen molar-refractivity contribution in [2.24, 2.45) is 0 Å². The van der Waals surface area contributed by atoms with Crippen LogP contribution >= 0.6 is 0 Å². The Kier molecular flexibility index (Phi) is 5.11. The van der Waals surface area contributed by atoms with Crippen LogP contribution in [0.1, 0.15) is 26.3 Å². The number of carbonyl (C=O) groups is 2. The molecule has 7 heteroatoms. The Morgan fingerprint density at radius 2 is 1.59 bits per heavy atom. The molecule has 0 spiro atoms. The van der Waals surface area contributed by atoms with Crippen molar-refractivity contribution in [2.45, 2.75) is 6.54 Å². The maximum Gasteiger partial charge on any atom is 0.255 e. The molecule has 0 atom stereocenters. The van der Waals surface area contributed by atoms with Gasteiger partial charge in [-0.25, -0.2) is 4.39 Å². The van der Waals surface area contributed by atoms with Gasteiger partial charge in [-0.1, -0.05) is 18.2 Å². The zero-order valence-electron chi connectivity index (χ0n) is 15.3. The lowest BCUT2D eigenvalue weighted by atomic mass is 10.1. The number of ether oxygens (including phenoxy) is 2. The highest BCUT2D eigenvalue weighted by atomic mass is 19.1. The molecule has 0 saturated heterocycles. The molecule has 0 saturated carbocycles. The zero-order chi connectivity index (χ0) is 20.2. The molecule has 6 nitrogen and oxygen atoms in total. The largest absolute Gasteiger partial charge is 0.454 e. The number of benzene rings is 3. The molecule has 29 heavy (non-hydrogen) atoms. The van der Waals surface area contributed by atoms with Gasteiger partial charge in [0.15, 0.2) is 11.5 Å². The molecule has 1 aliphatic rings. The van der Waals surface area contributed by atoms with Crippen molar-refractivity contribution >= 4 is 17.5 Å². The first kappa shape index (κ1) is 18.5. The number of hydrogen-bond acceptors (Lipinski definition) is 4. The summed E-state index contributed by atoms with van der Waals surface area (Å²) in [6.45, 7) is 0.411. The van der Waals surface area contributed by atoms with E-state index in [0.717, 1.165) is 5.56 Å². The monoisotopic (exact) mass is 392 g/mol. The number of anilines is 1. The first-order chi connectivity index (χ1) is 14.1. The summed E-state index contributed by atoms with van der Waals surface area (Å²) in [6, 6.07) is 17.4. The standard InChI is InChI=1S/C22H17FN2O4/c23-17-6-4-14(5-7-17)12-24-21(26)15-2-1-3-16(10-15)22(27)25-18-8-9-19-20(11-18)29-13-28-19/h1-11H,12-13H2,(H,24,26)(H,25,27). The van der Waals surface area contributed by atoms with E-state index in [-0.39, 0.29) is 31.0 Å². The van der Waals surface area contributed by atoms with Gasteiger partial charge in [-0.3, -0.25) is 9.59 Å². The van der Waals surface area contributed by atoms with Crippen molar-refractivity contribution in [3.05, 3.63) is 89.2 Å². The molecule has 0 aliphatic carbocycles. The molecule has 1 aliphatic heterocycles. The minimum atomic E-state index is -0.350. The van der Waals surface area contributed by atoms with E-state index in [2.05, 4.69) is 10.6 Å². The van der Waals surface area contributed by atoms with Crippen molar-refractivity contribution < 1.29 is 23.5 Å². The Labute approximate surface area is 166 Å². The summed E-state index contributed by atoms with van der Waals surface area (Å²) in [7, 11) is 0. The molecule has 0 fully saturated rings. The van der Waals surface area contributed by atoms with Crippen molar-refractivity contribution in [1.82, 2.24) is 5.32 Å². The van der Waals surface area contributed by atoms with E-state index in [1.807, 2.05) is 0 Å². The number of hydrogen-bond donors (Lipinski definition) is 2. The highest BCUT2D eigenvalue weighted by molar-refractivity contribution is 6.06. The van der Waals surface area contributed by atoms with Crippen LogP contribution in [0.3, 0.4) is 0 Å².